The molecule has 0 heterocycles. The van der Waals surface area contributed by atoms with Gasteiger partial charge in [0.05, 0.1) is 11.6 Å². The van der Waals surface area contributed by atoms with Crippen LogP contribution in [-0.2, 0) is 4.79 Å². The largest absolute Gasteiger partial charge is 0.297 e. The summed E-state index contributed by atoms with van der Waals surface area (Å²) in [5, 5.41) is 7.70. The summed E-state index contributed by atoms with van der Waals surface area (Å²) in [5.41, 5.74) is 3.21. The van der Waals surface area contributed by atoms with Gasteiger partial charge in [-0.1, -0.05) is 84.9 Å². The van der Waals surface area contributed by atoms with E-state index in [-0.39, 0.29) is 11.6 Å². The Bertz CT molecular complexity index is 1030. The van der Waals surface area contributed by atoms with Gasteiger partial charge >= 0.3 is 0 Å². The Hall–Kier alpha value is -3.66. The Morgan fingerprint density at radius 3 is 1.82 bits per heavy atom. The van der Waals surface area contributed by atoms with E-state index in [2.05, 4.69) is 16.9 Å². The lowest BCUT2D eigenvalue weighted by atomic mass is 9.80. The maximum Gasteiger partial charge on any atom is 0.180 e. The first-order valence-electron chi connectivity index (χ1n) is 9.03. The third-order valence-electron chi connectivity index (χ3n) is 5.02. The first kappa shape index (κ1) is 17.7. The van der Waals surface area contributed by atoms with Crippen LogP contribution in [0.3, 0.4) is 0 Å². The summed E-state index contributed by atoms with van der Waals surface area (Å²) in [7, 11) is 0. The highest BCUT2D eigenvalue weighted by Gasteiger charge is 2.44. The van der Waals surface area contributed by atoms with Crippen molar-refractivity contribution in [3.05, 3.63) is 107 Å². The summed E-state index contributed by atoms with van der Waals surface area (Å²) in [4.78, 5) is 26.9. The highest BCUT2D eigenvalue weighted by molar-refractivity contribution is 6.38. The number of Topliss-reactive ketones (excluding diaryl/α,β-unsaturated/α-hetero) is 2. The van der Waals surface area contributed by atoms with Crippen molar-refractivity contribution in [2.24, 2.45) is 16.1 Å². The summed E-state index contributed by atoms with van der Waals surface area (Å²) in [6.07, 6.45) is 0. The Morgan fingerprint density at radius 2 is 1.29 bits per heavy atom. The quantitative estimate of drug-likeness (QED) is 0.384. The van der Waals surface area contributed by atoms with Crippen LogP contribution in [0, 0.1) is 5.92 Å². The molecule has 0 saturated carbocycles. The molecule has 0 aromatic heterocycles. The average Bonchev–Trinajstić information content (AvgIpc) is 3.02. The number of benzene rings is 3. The average molecular weight is 366 g/mol. The maximum atomic E-state index is 13.7. The predicted molar refractivity (Wildman–Crippen MR) is 110 cm³/mol. The Labute approximate surface area is 163 Å². The second-order valence-corrected chi connectivity index (χ2v) is 6.63. The molecule has 3 aromatic rings. The molecule has 3 aromatic carbocycles. The second-order valence-electron chi connectivity index (χ2n) is 6.63. The molecule has 4 heteroatoms. The minimum Gasteiger partial charge on any atom is -0.297 e. The van der Waals surface area contributed by atoms with E-state index in [4.69, 9.17) is 0 Å². The zero-order chi connectivity index (χ0) is 19.5. The fraction of sp³-hybridized carbons (Fsp3) is 0.0833. The summed E-state index contributed by atoms with van der Waals surface area (Å²) in [5.74, 6) is -2.00. The highest BCUT2D eigenvalue weighted by Crippen LogP contribution is 2.35. The van der Waals surface area contributed by atoms with Gasteiger partial charge < -0.3 is 0 Å². The molecule has 0 fully saturated rings. The van der Waals surface area contributed by atoms with Gasteiger partial charge in [0.1, 0.15) is 5.92 Å². The lowest BCUT2D eigenvalue weighted by molar-refractivity contribution is -0.120. The molecule has 1 unspecified atom stereocenters. The molecule has 4 nitrogen and oxygen atoms in total. The SMILES string of the molecule is C=N/N=C1\c2ccccc2C(=O)C1C(=O)C(c1ccccc1)c1ccccc1. The first-order valence-corrected chi connectivity index (χ1v) is 9.03. The number of nitrogens with zero attached hydrogens (tertiary/aromatic N) is 2. The number of hydrogen-bond acceptors (Lipinski definition) is 4. The lowest BCUT2D eigenvalue weighted by Gasteiger charge is -2.20. The van der Waals surface area contributed by atoms with E-state index >= 15 is 0 Å². The van der Waals surface area contributed by atoms with Crippen LogP contribution in [0.2, 0.25) is 0 Å². The molecule has 0 radical (unpaired) electrons. The van der Waals surface area contributed by atoms with Gasteiger partial charge in [-0.15, -0.1) is 0 Å². The van der Waals surface area contributed by atoms with Crippen LogP contribution < -0.4 is 0 Å². The van der Waals surface area contributed by atoms with Crippen molar-refractivity contribution in [1.82, 2.24) is 0 Å². The van der Waals surface area contributed by atoms with Crippen LogP contribution in [0.5, 0.6) is 0 Å². The molecular formula is C24H18N2O2. The predicted octanol–water partition coefficient (Wildman–Crippen LogP) is 4.31. The summed E-state index contributed by atoms with van der Waals surface area (Å²) in [6.45, 7) is 3.42. The molecule has 0 bridgehead atoms. The normalized spacial score (nSPS) is 17.0. The van der Waals surface area contributed by atoms with Gasteiger partial charge in [0.2, 0.25) is 0 Å². The molecule has 4 rings (SSSR count). The topological polar surface area (TPSA) is 58.9 Å². The standard InChI is InChI=1S/C24H18N2O2/c1-25-26-22-18-14-8-9-15-19(18)23(27)21(22)24(28)20(16-10-4-2-5-11-16)17-12-6-3-7-13-17/h2-15,20-21H,1H2/b26-22+. The van der Waals surface area contributed by atoms with Crippen LogP contribution in [0.15, 0.2) is 95.1 Å². The van der Waals surface area contributed by atoms with E-state index in [9.17, 15) is 9.59 Å². The molecular weight excluding hydrogens is 348 g/mol. The number of rotatable bonds is 5. The molecule has 0 spiro atoms. The zero-order valence-corrected chi connectivity index (χ0v) is 15.2. The summed E-state index contributed by atoms with van der Waals surface area (Å²) >= 11 is 0. The van der Waals surface area contributed by atoms with Gasteiger partial charge in [-0.25, -0.2) is 0 Å². The minimum atomic E-state index is -0.992. The van der Waals surface area contributed by atoms with Gasteiger partial charge in [-0.2, -0.15) is 10.2 Å². The molecule has 28 heavy (non-hydrogen) atoms. The van der Waals surface area contributed by atoms with Crippen LogP contribution in [0.1, 0.15) is 33.0 Å². The van der Waals surface area contributed by atoms with E-state index in [0.29, 0.717) is 16.8 Å². The molecule has 136 valence electrons. The van der Waals surface area contributed by atoms with Crippen molar-refractivity contribution >= 4 is 24.0 Å². The lowest BCUT2D eigenvalue weighted by Crippen LogP contribution is -2.31. The molecule has 0 N–H and O–H groups in total. The van der Waals surface area contributed by atoms with Gasteiger partial charge in [-0.3, -0.25) is 9.59 Å². The number of carbonyl (C=O) groups excluding carboxylic acids is 2. The van der Waals surface area contributed by atoms with Crippen molar-refractivity contribution in [2.45, 2.75) is 5.92 Å². The first-order chi connectivity index (χ1) is 13.7. The molecule has 0 aliphatic heterocycles. The number of ketones is 2. The Balaban J connectivity index is 1.85. The molecule has 1 aliphatic carbocycles. The van der Waals surface area contributed by atoms with E-state index in [1.54, 1.807) is 18.2 Å². The number of carbonyl (C=O) groups is 2. The van der Waals surface area contributed by atoms with E-state index < -0.39 is 11.8 Å². The van der Waals surface area contributed by atoms with Gasteiger partial charge in [0.15, 0.2) is 11.6 Å². The third kappa shape index (κ3) is 2.99. The molecule has 1 aliphatic rings. The monoisotopic (exact) mass is 366 g/mol. The van der Waals surface area contributed by atoms with Crippen LogP contribution in [-0.4, -0.2) is 24.0 Å². The summed E-state index contributed by atoms with van der Waals surface area (Å²) in [6, 6.07) is 26.1. The minimum absolute atomic E-state index is 0.207. The molecule has 1 atom stereocenters. The maximum absolute atomic E-state index is 13.7. The van der Waals surface area contributed by atoms with Gasteiger partial charge in [0.25, 0.3) is 0 Å². The van der Waals surface area contributed by atoms with E-state index in [1.165, 1.54) is 0 Å². The van der Waals surface area contributed by atoms with Crippen LogP contribution in [0.25, 0.3) is 0 Å². The van der Waals surface area contributed by atoms with Crippen LogP contribution >= 0.6 is 0 Å². The number of hydrogen-bond donors (Lipinski definition) is 0. The molecule has 0 amide bonds. The molecule has 0 saturated heterocycles. The van der Waals surface area contributed by atoms with E-state index in [0.717, 1.165) is 11.1 Å². The van der Waals surface area contributed by atoms with Crippen molar-refractivity contribution in [3.8, 4) is 0 Å². The van der Waals surface area contributed by atoms with Crippen LogP contribution in [0.4, 0.5) is 0 Å². The number of fused-ring (bicyclic) bond motifs is 1. The highest BCUT2D eigenvalue weighted by atomic mass is 16.2. The fourth-order valence-corrected chi connectivity index (χ4v) is 3.79. The van der Waals surface area contributed by atoms with Crippen molar-refractivity contribution in [2.75, 3.05) is 0 Å². The van der Waals surface area contributed by atoms with Gasteiger partial charge in [-0.05, 0) is 11.1 Å². The summed E-state index contributed by atoms with van der Waals surface area (Å²) < 4.78 is 0. The smallest absolute Gasteiger partial charge is 0.180 e. The van der Waals surface area contributed by atoms with Crippen molar-refractivity contribution < 1.29 is 9.59 Å². The fourth-order valence-electron chi connectivity index (χ4n) is 3.79. The Kier molecular flexibility index (Phi) is 4.77. The Morgan fingerprint density at radius 1 is 0.786 bits per heavy atom. The van der Waals surface area contributed by atoms with E-state index in [1.807, 2.05) is 66.7 Å². The zero-order valence-electron chi connectivity index (χ0n) is 15.2. The third-order valence-corrected chi connectivity index (χ3v) is 5.02. The van der Waals surface area contributed by atoms with Crippen molar-refractivity contribution in [1.29, 1.82) is 0 Å². The van der Waals surface area contributed by atoms with Gasteiger partial charge in [0, 0.05) is 17.8 Å². The van der Waals surface area contributed by atoms with Crippen molar-refractivity contribution in [3.63, 3.8) is 0 Å². The second kappa shape index (κ2) is 7.53.